The molecule has 1 heterocycles. The summed E-state index contributed by atoms with van der Waals surface area (Å²) in [5, 5.41) is 22.4. The van der Waals surface area contributed by atoms with Crippen LogP contribution in [-0.2, 0) is 6.54 Å². The molecule has 0 saturated carbocycles. The zero-order valence-corrected chi connectivity index (χ0v) is 12.1. The Morgan fingerprint density at radius 1 is 1.35 bits per heavy atom. The number of rotatable bonds is 6. The Morgan fingerprint density at radius 3 is 2.80 bits per heavy atom. The topological polar surface area (TPSA) is 88.5 Å². The predicted octanol–water partition coefficient (Wildman–Crippen LogP) is 2.70. The maximum atomic E-state index is 10.7. The maximum Gasteiger partial charge on any atom is 0.270 e. The van der Waals surface area contributed by atoms with Crippen molar-refractivity contribution >= 4 is 21.6 Å². The minimum atomic E-state index is -0.444. The molecule has 1 aromatic carbocycles. The van der Waals surface area contributed by atoms with Crippen LogP contribution in [-0.4, -0.2) is 23.2 Å². The van der Waals surface area contributed by atoms with E-state index in [0.29, 0.717) is 23.3 Å². The highest BCUT2D eigenvalue weighted by molar-refractivity contribution is 9.10. The van der Waals surface area contributed by atoms with Crippen molar-refractivity contribution in [3.05, 3.63) is 50.7 Å². The fourth-order valence-electron chi connectivity index (χ4n) is 1.73. The van der Waals surface area contributed by atoms with Crippen molar-refractivity contribution < 1.29 is 14.4 Å². The van der Waals surface area contributed by atoms with E-state index < -0.39 is 4.92 Å². The zero-order valence-electron chi connectivity index (χ0n) is 10.5. The van der Waals surface area contributed by atoms with E-state index in [1.807, 2.05) is 12.1 Å². The van der Waals surface area contributed by atoms with Gasteiger partial charge in [-0.1, -0.05) is 0 Å². The van der Waals surface area contributed by atoms with Gasteiger partial charge in [-0.05, 0) is 34.1 Å². The van der Waals surface area contributed by atoms with Gasteiger partial charge in [0, 0.05) is 28.7 Å². The van der Waals surface area contributed by atoms with Crippen LogP contribution in [0.4, 0.5) is 5.69 Å². The van der Waals surface area contributed by atoms with Gasteiger partial charge in [-0.2, -0.15) is 0 Å². The first-order valence-corrected chi connectivity index (χ1v) is 6.75. The number of halogens is 1. The second-order valence-corrected chi connectivity index (χ2v) is 4.94. The molecule has 0 atom stereocenters. The number of nitrogens with zero attached hydrogens (tertiary/aromatic N) is 1. The lowest BCUT2D eigenvalue weighted by molar-refractivity contribution is -0.384. The van der Waals surface area contributed by atoms with Crippen LogP contribution in [0.3, 0.4) is 0 Å². The van der Waals surface area contributed by atoms with Crippen molar-refractivity contribution in [1.29, 1.82) is 0 Å². The van der Waals surface area contributed by atoms with Gasteiger partial charge >= 0.3 is 0 Å². The summed E-state index contributed by atoms with van der Waals surface area (Å²) in [6.45, 7) is 1.09. The molecule has 0 spiro atoms. The number of nitro benzene ring substituents is 1. The molecule has 1 aromatic heterocycles. The van der Waals surface area contributed by atoms with Crippen molar-refractivity contribution in [2.24, 2.45) is 0 Å². The van der Waals surface area contributed by atoms with Crippen molar-refractivity contribution in [1.82, 2.24) is 5.32 Å². The summed E-state index contributed by atoms with van der Waals surface area (Å²) < 4.78 is 6.26. The van der Waals surface area contributed by atoms with E-state index in [-0.39, 0.29) is 12.3 Å². The van der Waals surface area contributed by atoms with Crippen molar-refractivity contribution in [3.8, 4) is 11.3 Å². The molecule has 20 heavy (non-hydrogen) atoms. The quantitative estimate of drug-likeness (QED) is 0.479. The summed E-state index contributed by atoms with van der Waals surface area (Å²) >= 11 is 3.31. The van der Waals surface area contributed by atoms with E-state index in [2.05, 4.69) is 21.2 Å². The Balaban J connectivity index is 2.17. The molecule has 2 N–H and O–H groups in total. The fourth-order valence-corrected chi connectivity index (χ4v) is 2.29. The third-order valence-electron chi connectivity index (χ3n) is 2.68. The predicted molar refractivity (Wildman–Crippen MR) is 77.3 cm³/mol. The van der Waals surface area contributed by atoms with Gasteiger partial charge in [0.25, 0.3) is 5.69 Å². The van der Waals surface area contributed by atoms with Gasteiger partial charge in [0.1, 0.15) is 11.5 Å². The Hall–Kier alpha value is -1.70. The first-order chi connectivity index (χ1) is 9.61. The molecule has 0 saturated heterocycles. The molecule has 0 amide bonds. The average molecular weight is 341 g/mol. The van der Waals surface area contributed by atoms with Crippen LogP contribution in [0.2, 0.25) is 0 Å². The number of nitrogens with one attached hydrogen (secondary N) is 1. The minimum Gasteiger partial charge on any atom is -0.460 e. The second-order valence-electron chi connectivity index (χ2n) is 4.09. The molecule has 6 nitrogen and oxygen atoms in total. The number of aliphatic hydroxyl groups excluding tert-OH is 1. The molecule has 0 unspecified atom stereocenters. The highest BCUT2D eigenvalue weighted by Gasteiger charge is 2.13. The Bertz CT molecular complexity index is 612. The van der Waals surface area contributed by atoms with Crippen LogP contribution in [0.1, 0.15) is 5.76 Å². The number of furan rings is 1. The lowest BCUT2D eigenvalue weighted by Gasteiger charge is -2.02. The van der Waals surface area contributed by atoms with E-state index in [1.54, 1.807) is 6.07 Å². The van der Waals surface area contributed by atoms with Gasteiger partial charge < -0.3 is 14.8 Å². The summed E-state index contributed by atoms with van der Waals surface area (Å²) in [6, 6.07) is 8.16. The molecule has 0 aliphatic carbocycles. The van der Waals surface area contributed by atoms with Gasteiger partial charge in [0.15, 0.2) is 0 Å². The first kappa shape index (κ1) is 14.7. The second kappa shape index (κ2) is 6.65. The third-order valence-corrected chi connectivity index (χ3v) is 3.33. The van der Waals surface area contributed by atoms with Gasteiger partial charge in [-0.15, -0.1) is 0 Å². The van der Waals surface area contributed by atoms with E-state index in [1.165, 1.54) is 12.1 Å². The molecule has 0 bridgehead atoms. The smallest absolute Gasteiger partial charge is 0.270 e. The van der Waals surface area contributed by atoms with E-state index in [9.17, 15) is 10.1 Å². The summed E-state index contributed by atoms with van der Waals surface area (Å²) in [5.74, 6) is 1.37. The lowest BCUT2D eigenvalue weighted by Crippen LogP contribution is -2.16. The largest absolute Gasteiger partial charge is 0.460 e. The standard InChI is InChI=1S/C13H13BrN2O4/c14-12-7-9(16(18)19)1-3-11(12)13-4-2-10(20-13)8-15-5-6-17/h1-4,7,15,17H,5-6,8H2. The van der Waals surface area contributed by atoms with Gasteiger partial charge in [-0.25, -0.2) is 0 Å². The van der Waals surface area contributed by atoms with Crippen molar-refractivity contribution in [2.45, 2.75) is 6.54 Å². The monoisotopic (exact) mass is 340 g/mol. The number of nitro groups is 1. The van der Waals surface area contributed by atoms with Gasteiger partial charge in [0.2, 0.25) is 0 Å². The van der Waals surface area contributed by atoms with Crippen LogP contribution in [0.25, 0.3) is 11.3 Å². The molecule has 106 valence electrons. The van der Waals surface area contributed by atoms with Gasteiger partial charge in [0.05, 0.1) is 18.1 Å². The number of hydrogen-bond acceptors (Lipinski definition) is 5. The lowest BCUT2D eigenvalue weighted by atomic mass is 10.1. The van der Waals surface area contributed by atoms with Crippen LogP contribution in [0.5, 0.6) is 0 Å². The molecule has 0 aliphatic rings. The molecule has 0 aliphatic heterocycles. The minimum absolute atomic E-state index is 0.0250. The van der Waals surface area contributed by atoms with E-state index >= 15 is 0 Å². The molecule has 0 radical (unpaired) electrons. The Morgan fingerprint density at radius 2 is 2.15 bits per heavy atom. The molecular formula is C13H13BrN2O4. The average Bonchev–Trinajstić information content (AvgIpc) is 2.87. The highest BCUT2D eigenvalue weighted by atomic mass is 79.9. The molecular weight excluding hydrogens is 328 g/mol. The highest BCUT2D eigenvalue weighted by Crippen LogP contribution is 2.32. The van der Waals surface area contributed by atoms with Crippen LogP contribution < -0.4 is 5.32 Å². The number of hydrogen-bond donors (Lipinski definition) is 2. The van der Waals surface area contributed by atoms with Crippen LogP contribution in [0.15, 0.2) is 39.2 Å². The summed E-state index contributed by atoms with van der Waals surface area (Å²) in [4.78, 5) is 10.2. The van der Waals surface area contributed by atoms with Crippen molar-refractivity contribution in [3.63, 3.8) is 0 Å². The molecule has 2 aromatic rings. The number of non-ortho nitro benzene ring substituents is 1. The fraction of sp³-hybridized carbons (Fsp3) is 0.231. The molecule has 0 fully saturated rings. The summed E-state index contributed by atoms with van der Waals surface area (Å²) in [7, 11) is 0. The summed E-state index contributed by atoms with van der Waals surface area (Å²) in [5.41, 5.74) is 0.779. The first-order valence-electron chi connectivity index (χ1n) is 5.96. The Labute approximate surface area is 123 Å². The number of aliphatic hydroxyl groups is 1. The van der Waals surface area contributed by atoms with Crippen LogP contribution >= 0.6 is 15.9 Å². The van der Waals surface area contributed by atoms with E-state index in [0.717, 1.165) is 11.3 Å². The van der Waals surface area contributed by atoms with Crippen LogP contribution in [0, 0.1) is 10.1 Å². The van der Waals surface area contributed by atoms with Gasteiger partial charge in [-0.3, -0.25) is 10.1 Å². The summed E-state index contributed by atoms with van der Waals surface area (Å²) in [6.07, 6.45) is 0. The Kier molecular flexibility index (Phi) is 4.89. The maximum absolute atomic E-state index is 10.7. The SMILES string of the molecule is O=[N+]([O-])c1ccc(-c2ccc(CNCCO)o2)c(Br)c1. The molecule has 2 rings (SSSR count). The molecule has 7 heteroatoms. The normalized spacial score (nSPS) is 10.7. The third kappa shape index (κ3) is 3.44. The zero-order chi connectivity index (χ0) is 14.5. The number of benzene rings is 1. The van der Waals surface area contributed by atoms with Crippen molar-refractivity contribution in [2.75, 3.05) is 13.2 Å². The van der Waals surface area contributed by atoms with E-state index in [4.69, 9.17) is 9.52 Å².